The molecular formula is C19H21N5OS. The molecule has 1 aromatic carbocycles. The number of thiazole rings is 1. The first-order chi connectivity index (χ1) is 12.7. The van der Waals surface area contributed by atoms with Crippen LogP contribution in [0.2, 0.25) is 0 Å². The van der Waals surface area contributed by atoms with Crippen molar-refractivity contribution in [1.29, 1.82) is 0 Å². The summed E-state index contributed by atoms with van der Waals surface area (Å²) in [6.45, 7) is 0.591. The molecule has 1 aliphatic rings. The van der Waals surface area contributed by atoms with Crippen LogP contribution in [0.15, 0.2) is 24.3 Å². The maximum absolute atomic E-state index is 12.6. The third-order valence-electron chi connectivity index (χ3n) is 4.61. The number of hydrogen-bond donors (Lipinski definition) is 2. The molecule has 2 aromatic heterocycles. The van der Waals surface area contributed by atoms with Crippen LogP contribution in [0.25, 0.3) is 10.2 Å². The maximum atomic E-state index is 12.6. The predicted octanol–water partition coefficient (Wildman–Crippen LogP) is 2.91. The van der Waals surface area contributed by atoms with Gasteiger partial charge in [0.15, 0.2) is 0 Å². The number of anilines is 1. The third-order valence-corrected chi connectivity index (χ3v) is 5.70. The summed E-state index contributed by atoms with van der Waals surface area (Å²) in [7, 11) is 0. The number of rotatable bonds is 5. The number of aryl methyl sites for hydroxylation is 2. The van der Waals surface area contributed by atoms with Crippen LogP contribution in [0.4, 0.5) is 5.95 Å². The number of carbonyl (C=O) groups is 1. The molecule has 0 spiro atoms. The van der Waals surface area contributed by atoms with Gasteiger partial charge in [-0.2, -0.15) is 0 Å². The van der Waals surface area contributed by atoms with Crippen LogP contribution in [0.5, 0.6) is 0 Å². The second-order valence-electron chi connectivity index (χ2n) is 6.50. The lowest BCUT2D eigenvalue weighted by Crippen LogP contribution is -2.28. The first kappa shape index (κ1) is 16.9. The number of nitrogens with two attached hydrogens (primary N) is 1. The summed E-state index contributed by atoms with van der Waals surface area (Å²) in [5.74, 6) is 0.0341. The number of aromatic nitrogens is 3. The number of carbonyl (C=O) groups excluding carboxylic acids is 1. The fraction of sp³-hybridized carbons (Fsp3) is 0.368. The molecule has 4 rings (SSSR count). The van der Waals surface area contributed by atoms with Crippen molar-refractivity contribution in [2.45, 2.75) is 38.5 Å². The molecule has 1 amide bonds. The van der Waals surface area contributed by atoms with Crippen molar-refractivity contribution >= 4 is 33.4 Å². The fourth-order valence-corrected chi connectivity index (χ4v) is 4.36. The van der Waals surface area contributed by atoms with Gasteiger partial charge in [0.2, 0.25) is 5.95 Å². The molecule has 2 heterocycles. The molecular weight excluding hydrogens is 346 g/mol. The standard InChI is InChI=1S/C19H21N5OS/c20-19-23-13-7-2-1-6-12(13)17(24-19)18(25)21-11-5-10-16-22-14-8-3-4-9-15(14)26-16/h3-4,8-9H,1-2,5-7,10-11H2,(H,21,25)(H2,20,23,24). The van der Waals surface area contributed by atoms with E-state index in [4.69, 9.17) is 5.73 Å². The van der Waals surface area contributed by atoms with E-state index in [9.17, 15) is 4.79 Å². The zero-order chi connectivity index (χ0) is 17.9. The van der Waals surface area contributed by atoms with Gasteiger partial charge in [0.05, 0.1) is 15.2 Å². The molecule has 26 heavy (non-hydrogen) atoms. The molecule has 3 N–H and O–H groups in total. The minimum atomic E-state index is -0.151. The molecule has 0 saturated carbocycles. The molecule has 0 unspecified atom stereocenters. The van der Waals surface area contributed by atoms with E-state index in [2.05, 4.69) is 26.3 Å². The van der Waals surface area contributed by atoms with E-state index in [1.165, 1.54) is 4.70 Å². The Morgan fingerprint density at radius 2 is 2.00 bits per heavy atom. The zero-order valence-corrected chi connectivity index (χ0v) is 15.3. The minimum absolute atomic E-state index is 0.151. The lowest BCUT2D eigenvalue weighted by Gasteiger charge is -2.17. The second-order valence-corrected chi connectivity index (χ2v) is 7.61. The summed E-state index contributed by atoms with van der Waals surface area (Å²) >= 11 is 1.71. The van der Waals surface area contributed by atoms with Gasteiger partial charge in [0, 0.05) is 24.2 Å². The molecule has 0 atom stereocenters. The van der Waals surface area contributed by atoms with Crippen molar-refractivity contribution in [3.63, 3.8) is 0 Å². The molecule has 6 nitrogen and oxygen atoms in total. The Hall–Kier alpha value is -2.54. The lowest BCUT2D eigenvalue weighted by molar-refractivity contribution is 0.0946. The molecule has 7 heteroatoms. The Morgan fingerprint density at radius 3 is 2.88 bits per heavy atom. The fourth-order valence-electron chi connectivity index (χ4n) is 3.35. The Labute approximate surface area is 155 Å². The van der Waals surface area contributed by atoms with E-state index >= 15 is 0 Å². The van der Waals surface area contributed by atoms with Gasteiger partial charge in [-0.25, -0.2) is 15.0 Å². The highest BCUT2D eigenvalue weighted by molar-refractivity contribution is 7.18. The topological polar surface area (TPSA) is 93.8 Å². The Morgan fingerprint density at radius 1 is 1.15 bits per heavy atom. The summed E-state index contributed by atoms with van der Waals surface area (Å²) < 4.78 is 1.20. The Balaban J connectivity index is 1.36. The smallest absolute Gasteiger partial charge is 0.270 e. The summed E-state index contributed by atoms with van der Waals surface area (Å²) in [5, 5.41) is 4.07. The van der Waals surface area contributed by atoms with E-state index in [0.29, 0.717) is 12.2 Å². The highest BCUT2D eigenvalue weighted by atomic mass is 32.1. The highest BCUT2D eigenvalue weighted by Gasteiger charge is 2.21. The SMILES string of the molecule is Nc1nc2c(c(C(=O)NCCCc3nc4ccccc4s3)n1)CCCC2. The van der Waals surface area contributed by atoms with Crippen LogP contribution in [0.3, 0.4) is 0 Å². The van der Waals surface area contributed by atoms with Crippen LogP contribution in [-0.4, -0.2) is 27.4 Å². The van der Waals surface area contributed by atoms with Gasteiger partial charge in [-0.05, 0) is 44.2 Å². The van der Waals surface area contributed by atoms with Gasteiger partial charge in [-0.15, -0.1) is 11.3 Å². The monoisotopic (exact) mass is 367 g/mol. The molecule has 1 aliphatic carbocycles. The quantitative estimate of drug-likeness (QED) is 0.676. The van der Waals surface area contributed by atoms with Crippen LogP contribution in [0, 0.1) is 0 Å². The maximum Gasteiger partial charge on any atom is 0.270 e. The van der Waals surface area contributed by atoms with Crippen LogP contribution in [-0.2, 0) is 19.3 Å². The van der Waals surface area contributed by atoms with Crippen LogP contribution >= 0.6 is 11.3 Å². The van der Waals surface area contributed by atoms with Crippen molar-refractivity contribution in [2.75, 3.05) is 12.3 Å². The number of nitrogens with zero attached hydrogens (tertiary/aromatic N) is 3. The normalized spacial score (nSPS) is 13.5. The molecule has 0 fully saturated rings. The summed E-state index contributed by atoms with van der Waals surface area (Å²) in [6.07, 6.45) is 5.58. The molecule has 0 bridgehead atoms. The van der Waals surface area contributed by atoms with E-state index in [1.807, 2.05) is 18.2 Å². The zero-order valence-electron chi connectivity index (χ0n) is 14.5. The molecule has 0 radical (unpaired) electrons. The first-order valence-corrected chi connectivity index (χ1v) is 9.80. The van der Waals surface area contributed by atoms with Crippen LogP contribution < -0.4 is 11.1 Å². The molecule has 0 aliphatic heterocycles. The molecule has 134 valence electrons. The summed E-state index contributed by atoms with van der Waals surface area (Å²) in [5.41, 5.74) is 9.17. The molecule has 0 saturated heterocycles. The van der Waals surface area contributed by atoms with Gasteiger partial charge in [-0.1, -0.05) is 12.1 Å². The lowest BCUT2D eigenvalue weighted by atomic mass is 9.94. The number of para-hydroxylation sites is 1. The second kappa shape index (κ2) is 7.37. The summed E-state index contributed by atoms with van der Waals surface area (Å²) in [4.78, 5) is 25.7. The first-order valence-electron chi connectivity index (χ1n) is 8.98. The number of nitrogens with one attached hydrogen (secondary N) is 1. The van der Waals surface area contributed by atoms with Gasteiger partial charge >= 0.3 is 0 Å². The van der Waals surface area contributed by atoms with Gasteiger partial charge in [0.25, 0.3) is 5.91 Å². The number of hydrogen-bond acceptors (Lipinski definition) is 6. The average Bonchev–Trinajstić information content (AvgIpc) is 3.07. The minimum Gasteiger partial charge on any atom is -0.368 e. The number of nitrogen functional groups attached to an aromatic ring is 1. The van der Waals surface area contributed by atoms with Crippen molar-refractivity contribution in [2.24, 2.45) is 0 Å². The van der Waals surface area contributed by atoms with Gasteiger partial charge < -0.3 is 11.1 Å². The number of amides is 1. The average molecular weight is 367 g/mol. The molecule has 3 aromatic rings. The van der Waals surface area contributed by atoms with Crippen molar-refractivity contribution < 1.29 is 4.79 Å². The number of benzene rings is 1. The Kier molecular flexibility index (Phi) is 4.79. The van der Waals surface area contributed by atoms with E-state index < -0.39 is 0 Å². The third kappa shape index (κ3) is 3.53. The summed E-state index contributed by atoms with van der Waals surface area (Å²) in [6, 6.07) is 8.14. The van der Waals surface area contributed by atoms with E-state index in [0.717, 1.165) is 60.3 Å². The van der Waals surface area contributed by atoms with Crippen LogP contribution in [0.1, 0.15) is 46.0 Å². The van der Waals surface area contributed by atoms with Crippen molar-refractivity contribution in [1.82, 2.24) is 20.3 Å². The van der Waals surface area contributed by atoms with E-state index in [-0.39, 0.29) is 11.9 Å². The van der Waals surface area contributed by atoms with E-state index in [1.54, 1.807) is 11.3 Å². The predicted molar refractivity (Wildman–Crippen MR) is 103 cm³/mol. The van der Waals surface area contributed by atoms with Gasteiger partial charge in [-0.3, -0.25) is 4.79 Å². The highest BCUT2D eigenvalue weighted by Crippen LogP contribution is 2.23. The van der Waals surface area contributed by atoms with Crippen molar-refractivity contribution in [3.05, 3.63) is 46.2 Å². The number of fused-ring (bicyclic) bond motifs is 2. The van der Waals surface area contributed by atoms with Gasteiger partial charge in [0.1, 0.15) is 5.69 Å². The largest absolute Gasteiger partial charge is 0.368 e. The van der Waals surface area contributed by atoms with Crippen molar-refractivity contribution in [3.8, 4) is 0 Å². The Bertz CT molecular complexity index is 919.